The van der Waals surface area contributed by atoms with Crippen LogP contribution >= 0.6 is 23.5 Å². The Labute approximate surface area is 98.3 Å². The largest absolute Gasteiger partial charge is 0.394 e. The zero-order chi connectivity index (χ0) is 10.8. The summed E-state index contributed by atoms with van der Waals surface area (Å²) in [6.07, 6.45) is 0. The first-order chi connectivity index (χ1) is 7.43. The molecule has 0 aromatic heterocycles. The second kappa shape index (κ2) is 9.50. The minimum Gasteiger partial charge on any atom is -0.394 e. The maximum Gasteiger partial charge on any atom is 0.157 e. The quantitative estimate of drug-likeness (QED) is 0.624. The molecule has 15 heavy (non-hydrogen) atoms. The molecule has 0 fully saturated rings. The zero-order valence-corrected chi connectivity index (χ0v) is 10.1. The highest BCUT2D eigenvalue weighted by Crippen LogP contribution is 2.33. The summed E-state index contributed by atoms with van der Waals surface area (Å²) in [5.74, 6) is 0. The Morgan fingerprint density at radius 3 is 2.20 bits per heavy atom. The van der Waals surface area contributed by atoms with E-state index in [0.29, 0.717) is 33.0 Å². The molecule has 0 amide bonds. The fraction of sp³-hybridized carbons (Fsp3) is 0.778. The number of thioether (sulfide) groups is 2. The maximum atomic E-state index is 8.43. The van der Waals surface area contributed by atoms with Crippen LogP contribution < -0.4 is 0 Å². The SMILES string of the molecule is OCCOCCOCCOC1SC=CS1. The minimum absolute atomic E-state index is 0.0617. The summed E-state index contributed by atoms with van der Waals surface area (Å²) in [6.45, 7) is 2.70. The Morgan fingerprint density at radius 1 is 0.933 bits per heavy atom. The summed E-state index contributed by atoms with van der Waals surface area (Å²) in [5, 5.41) is 12.5. The van der Waals surface area contributed by atoms with Crippen LogP contribution in [-0.2, 0) is 14.2 Å². The first-order valence-corrected chi connectivity index (χ1v) is 6.66. The first kappa shape index (κ1) is 13.3. The summed E-state index contributed by atoms with van der Waals surface area (Å²) < 4.78 is 16.0. The Kier molecular flexibility index (Phi) is 8.45. The molecule has 1 rings (SSSR count). The molecule has 0 aromatic rings. The van der Waals surface area contributed by atoms with Gasteiger partial charge in [0.25, 0.3) is 0 Å². The predicted octanol–water partition coefficient (Wildman–Crippen LogP) is 1.26. The third kappa shape index (κ3) is 7.21. The van der Waals surface area contributed by atoms with Crippen molar-refractivity contribution >= 4 is 23.5 Å². The summed E-state index contributed by atoms with van der Waals surface area (Å²) in [5.41, 5.74) is 0. The highest BCUT2D eigenvalue weighted by Gasteiger charge is 2.10. The fourth-order valence-electron chi connectivity index (χ4n) is 0.893. The van der Waals surface area contributed by atoms with E-state index in [2.05, 4.69) is 0 Å². The van der Waals surface area contributed by atoms with Gasteiger partial charge in [-0.05, 0) is 10.8 Å². The average Bonchev–Trinajstić information content (AvgIpc) is 2.75. The molecule has 0 unspecified atom stereocenters. The Balaban J connectivity index is 1.73. The van der Waals surface area contributed by atoms with E-state index in [-0.39, 0.29) is 11.4 Å². The van der Waals surface area contributed by atoms with Gasteiger partial charge in [-0.2, -0.15) is 0 Å². The third-order valence-corrected chi connectivity index (χ3v) is 3.67. The van der Waals surface area contributed by atoms with Gasteiger partial charge in [0.05, 0.1) is 39.6 Å². The van der Waals surface area contributed by atoms with Gasteiger partial charge >= 0.3 is 0 Å². The molecule has 1 N–H and O–H groups in total. The van der Waals surface area contributed by atoms with Crippen LogP contribution in [0.5, 0.6) is 0 Å². The van der Waals surface area contributed by atoms with Crippen LogP contribution in [0.25, 0.3) is 0 Å². The standard InChI is InChI=1S/C9H16O4S2/c10-1-2-11-3-4-12-5-6-13-9-14-7-8-15-9/h7-10H,1-6H2. The highest BCUT2D eigenvalue weighted by atomic mass is 32.2. The molecule has 0 saturated carbocycles. The van der Waals surface area contributed by atoms with E-state index in [1.165, 1.54) is 0 Å². The highest BCUT2D eigenvalue weighted by molar-refractivity contribution is 8.22. The van der Waals surface area contributed by atoms with Gasteiger partial charge in [-0.1, -0.05) is 23.5 Å². The van der Waals surface area contributed by atoms with Crippen LogP contribution in [0, 0.1) is 0 Å². The lowest BCUT2D eigenvalue weighted by Gasteiger charge is -2.09. The van der Waals surface area contributed by atoms with E-state index < -0.39 is 0 Å². The molecule has 0 bridgehead atoms. The smallest absolute Gasteiger partial charge is 0.157 e. The molecule has 0 saturated heterocycles. The number of aliphatic hydroxyl groups excluding tert-OH is 1. The monoisotopic (exact) mass is 252 g/mol. The van der Waals surface area contributed by atoms with E-state index >= 15 is 0 Å². The van der Waals surface area contributed by atoms with Gasteiger partial charge in [-0.3, -0.25) is 0 Å². The predicted molar refractivity (Wildman–Crippen MR) is 62.8 cm³/mol. The van der Waals surface area contributed by atoms with Crippen LogP contribution in [0.4, 0.5) is 0 Å². The molecule has 0 aliphatic carbocycles. The van der Waals surface area contributed by atoms with E-state index in [0.717, 1.165) is 0 Å². The minimum atomic E-state index is 0.0617. The normalized spacial score (nSPS) is 16.3. The third-order valence-electron chi connectivity index (χ3n) is 1.52. The average molecular weight is 252 g/mol. The van der Waals surface area contributed by atoms with Gasteiger partial charge in [0.1, 0.15) is 0 Å². The molecule has 4 nitrogen and oxygen atoms in total. The molecule has 0 spiro atoms. The van der Waals surface area contributed by atoms with Gasteiger partial charge in [-0.25, -0.2) is 0 Å². The molecular weight excluding hydrogens is 236 g/mol. The van der Waals surface area contributed by atoms with Crippen molar-refractivity contribution in [3.05, 3.63) is 10.8 Å². The van der Waals surface area contributed by atoms with Crippen molar-refractivity contribution < 1.29 is 19.3 Å². The van der Waals surface area contributed by atoms with Crippen molar-refractivity contribution in [2.75, 3.05) is 39.6 Å². The van der Waals surface area contributed by atoms with Crippen LogP contribution in [-0.4, -0.2) is 49.5 Å². The van der Waals surface area contributed by atoms with Gasteiger partial charge in [0, 0.05) is 0 Å². The van der Waals surface area contributed by atoms with E-state index in [4.69, 9.17) is 19.3 Å². The molecule has 88 valence electrons. The van der Waals surface area contributed by atoms with Gasteiger partial charge in [0.15, 0.2) is 4.77 Å². The van der Waals surface area contributed by atoms with Crippen molar-refractivity contribution in [2.45, 2.75) is 4.77 Å². The van der Waals surface area contributed by atoms with Crippen LogP contribution in [0.15, 0.2) is 10.8 Å². The van der Waals surface area contributed by atoms with E-state index in [9.17, 15) is 0 Å². The Bertz CT molecular complexity index is 169. The Hall–Kier alpha value is 0.280. The zero-order valence-electron chi connectivity index (χ0n) is 8.46. The molecule has 1 aliphatic rings. The summed E-state index contributed by atoms with van der Waals surface area (Å²) >= 11 is 3.34. The van der Waals surface area contributed by atoms with Crippen LogP contribution in [0.2, 0.25) is 0 Å². The topological polar surface area (TPSA) is 47.9 Å². The maximum absolute atomic E-state index is 8.43. The van der Waals surface area contributed by atoms with Crippen LogP contribution in [0.3, 0.4) is 0 Å². The van der Waals surface area contributed by atoms with E-state index in [1.54, 1.807) is 23.5 Å². The first-order valence-electron chi connectivity index (χ1n) is 4.77. The molecule has 1 aliphatic heterocycles. The summed E-state index contributed by atoms with van der Waals surface area (Å²) in [4.78, 5) is 0. The summed E-state index contributed by atoms with van der Waals surface area (Å²) in [6, 6.07) is 0. The van der Waals surface area contributed by atoms with Crippen molar-refractivity contribution in [1.29, 1.82) is 0 Å². The molecule has 0 atom stereocenters. The molecular formula is C9H16O4S2. The molecule has 0 aromatic carbocycles. The van der Waals surface area contributed by atoms with Crippen molar-refractivity contribution in [3.63, 3.8) is 0 Å². The second-order valence-electron chi connectivity index (χ2n) is 2.65. The molecule has 1 heterocycles. The van der Waals surface area contributed by atoms with Crippen molar-refractivity contribution in [3.8, 4) is 0 Å². The number of hydrogen-bond donors (Lipinski definition) is 1. The van der Waals surface area contributed by atoms with Gasteiger partial charge in [0.2, 0.25) is 0 Å². The van der Waals surface area contributed by atoms with Crippen LogP contribution in [0.1, 0.15) is 0 Å². The van der Waals surface area contributed by atoms with E-state index in [1.807, 2.05) is 10.8 Å². The number of rotatable bonds is 9. The fourth-order valence-corrected chi connectivity index (χ4v) is 2.65. The lowest BCUT2D eigenvalue weighted by atomic mass is 10.7. The Morgan fingerprint density at radius 2 is 1.53 bits per heavy atom. The summed E-state index contributed by atoms with van der Waals surface area (Å²) in [7, 11) is 0. The number of hydrogen-bond acceptors (Lipinski definition) is 6. The van der Waals surface area contributed by atoms with Crippen molar-refractivity contribution in [1.82, 2.24) is 0 Å². The number of ether oxygens (including phenoxy) is 3. The molecule has 0 radical (unpaired) electrons. The second-order valence-corrected chi connectivity index (χ2v) is 4.90. The van der Waals surface area contributed by atoms with Gasteiger partial charge in [-0.15, -0.1) is 0 Å². The number of aliphatic hydroxyl groups is 1. The molecule has 6 heteroatoms. The lowest BCUT2D eigenvalue weighted by molar-refractivity contribution is 0.0118. The van der Waals surface area contributed by atoms with Crippen molar-refractivity contribution in [2.24, 2.45) is 0 Å². The van der Waals surface area contributed by atoms with Gasteiger partial charge < -0.3 is 19.3 Å². The lowest BCUT2D eigenvalue weighted by Crippen LogP contribution is -2.12.